The van der Waals surface area contributed by atoms with Gasteiger partial charge in [0.1, 0.15) is 5.82 Å². The first-order chi connectivity index (χ1) is 9.60. The number of nitrogens with two attached hydrogens (primary N) is 1. The maximum Gasteiger partial charge on any atom is 0.123 e. The van der Waals surface area contributed by atoms with E-state index in [1.807, 2.05) is 25.1 Å². The highest BCUT2D eigenvalue weighted by atomic mass is 19.1. The quantitative estimate of drug-likeness (QED) is 0.648. The van der Waals surface area contributed by atoms with Crippen LogP contribution in [-0.4, -0.2) is 6.04 Å². The summed E-state index contributed by atoms with van der Waals surface area (Å²) in [5.74, 6) is 5.48. The molecule has 0 bridgehead atoms. The van der Waals surface area contributed by atoms with Crippen molar-refractivity contribution in [1.82, 2.24) is 5.43 Å². The Hall–Kier alpha value is -1.71. The van der Waals surface area contributed by atoms with Crippen molar-refractivity contribution >= 4 is 0 Å². The lowest BCUT2D eigenvalue weighted by molar-refractivity contribution is 0.520. The van der Waals surface area contributed by atoms with E-state index in [1.54, 1.807) is 6.07 Å². The van der Waals surface area contributed by atoms with E-state index < -0.39 is 0 Å². The molecule has 0 spiro atoms. The van der Waals surface area contributed by atoms with Crippen molar-refractivity contribution in [2.24, 2.45) is 5.84 Å². The van der Waals surface area contributed by atoms with E-state index in [-0.39, 0.29) is 11.9 Å². The Morgan fingerprint density at radius 3 is 2.25 bits per heavy atom. The first-order valence-electron chi connectivity index (χ1n) is 6.86. The minimum atomic E-state index is -0.192. The number of aryl methyl sites for hydroxylation is 2. The maximum absolute atomic E-state index is 13.1. The Bertz CT molecular complexity index is 581. The largest absolute Gasteiger partial charge is 0.271 e. The van der Waals surface area contributed by atoms with Crippen molar-refractivity contribution in [3.8, 4) is 0 Å². The lowest BCUT2D eigenvalue weighted by atomic mass is 9.95. The third kappa shape index (κ3) is 3.65. The van der Waals surface area contributed by atoms with E-state index in [1.165, 1.54) is 17.2 Å². The van der Waals surface area contributed by atoms with Gasteiger partial charge in [0.15, 0.2) is 0 Å². The Kier molecular flexibility index (Phi) is 4.88. The van der Waals surface area contributed by atoms with Crippen LogP contribution in [0.3, 0.4) is 0 Å². The second-order valence-corrected chi connectivity index (χ2v) is 5.27. The van der Waals surface area contributed by atoms with Gasteiger partial charge in [0.05, 0.1) is 0 Å². The Labute approximate surface area is 119 Å². The summed E-state index contributed by atoms with van der Waals surface area (Å²) in [7, 11) is 0. The molecule has 1 atom stereocenters. The van der Waals surface area contributed by atoms with E-state index in [0.29, 0.717) is 0 Å². The van der Waals surface area contributed by atoms with Gasteiger partial charge in [-0.1, -0.05) is 30.3 Å². The molecule has 2 nitrogen and oxygen atoms in total. The van der Waals surface area contributed by atoms with Crippen LogP contribution >= 0.6 is 0 Å². The number of benzene rings is 2. The van der Waals surface area contributed by atoms with Crippen molar-refractivity contribution in [2.75, 3.05) is 0 Å². The van der Waals surface area contributed by atoms with Crippen LogP contribution in [0, 0.1) is 19.7 Å². The standard InChI is InChI=1S/C17H21FN2/c1-12-5-3-4-6-14(12)10-17(20-19)11-15-7-8-16(18)9-13(15)2/h3-9,17,20H,10-11,19H2,1-2H3. The molecule has 2 aromatic carbocycles. The second-order valence-electron chi connectivity index (χ2n) is 5.27. The molecule has 1 unspecified atom stereocenters. The summed E-state index contributed by atoms with van der Waals surface area (Å²) in [6, 6.07) is 13.4. The number of hydrogen-bond donors (Lipinski definition) is 2. The Balaban J connectivity index is 2.11. The van der Waals surface area contributed by atoms with E-state index in [2.05, 4.69) is 24.5 Å². The van der Waals surface area contributed by atoms with Gasteiger partial charge in [-0.25, -0.2) is 4.39 Å². The zero-order valence-electron chi connectivity index (χ0n) is 12.0. The predicted molar refractivity (Wildman–Crippen MR) is 80.8 cm³/mol. The average Bonchev–Trinajstić information content (AvgIpc) is 2.43. The molecule has 3 N–H and O–H groups in total. The highest BCUT2D eigenvalue weighted by Crippen LogP contribution is 2.16. The fourth-order valence-corrected chi connectivity index (χ4v) is 2.45. The molecule has 0 saturated carbocycles. The monoisotopic (exact) mass is 272 g/mol. The molecule has 0 aromatic heterocycles. The number of rotatable bonds is 5. The fourth-order valence-electron chi connectivity index (χ4n) is 2.45. The Morgan fingerprint density at radius 2 is 1.65 bits per heavy atom. The SMILES string of the molecule is Cc1ccccc1CC(Cc1ccc(F)cc1C)NN. The van der Waals surface area contributed by atoms with Gasteiger partial charge in [0.25, 0.3) is 0 Å². The van der Waals surface area contributed by atoms with E-state index >= 15 is 0 Å². The Morgan fingerprint density at radius 1 is 1.00 bits per heavy atom. The van der Waals surface area contributed by atoms with Gasteiger partial charge in [-0.05, 0) is 61.1 Å². The molecule has 0 amide bonds. The molecule has 0 radical (unpaired) electrons. The molecule has 106 valence electrons. The normalized spacial score (nSPS) is 12.4. The first-order valence-corrected chi connectivity index (χ1v) is 6.86. The summed E-state index contributed by atoms with van der Waals surface area (Å²) in [6.45, 7) is 4.03. The van der Waals surface area contributed by atoms with Crippen LogP contribution in [0.15, 0.2) is 42.5 Å². The number of nitrogens with one attached hydrogen (secondary N) is 1. The van der Waals surface area contributed by atoms with Crippen LogP contribution in [-0.2, 0) is 12.8 Å². The second kappa shape index (κ2) is 6.64. The minimum absolute atomic E-state index is 0.139. The van der Waals surface area contributed by atoms with Crippen LogP contribution in [0.5, 0.6) is 0 Å². The number of hydrogen-bond acceptors (Lipinski definition) is 2. The molecule has 0 aliphatic heterocycles. The van der Waals surface area contributed by atoms with Gasteiger partial charge in [-0.15, -0.1) is 0 Å². The lowest BCUT2D eigenvalue weighted by Crippen LogP contribution is -2.38. The van der Waals surface area contributed by atoms with Gasteiger partial charge in [-0.3, -0.25) is 11.3 Å². The summed E-state index contributed by atoms with van der Waals surface area (Å²) in [5, 5.41) is 0. The zero-order chi connectivity index (χ0) is 14.5. The summed E-state index contributed by atoms with van der Waals surface area (Å²) in [6.07, 6.45) is 1.65. The summed E-state index contributed by atoms with van der Waals surface area (Å²) >= 11 is 0. The smallest absolute Gasteiger partial charge is 0.123 e. The van der Waals surface area contributed by atoms with Crippen molar-refractivity contribution in [1.29, 1.82) is 0 Å². The molecule has 0 heterocycles. The molecule has 3 heteroatoms. The fraction of sp³-hybridized carbons (Fsp3) is 0.294. The first kappa shape index (κ1) is 14.7. The van der Waals surface area contributed by atoms with Crippen molar-refractivity contribution < 1.29 is 4.39 Å². The molecular weight excluding hydrogens is 251 g/mol. The van der Waals surface area contributed by atoms with Gasteiger partial charge < -0.3 is 0 Å². The molecule has 0 fully saturated rings. The molecule has 0 saturated heterocycles. The van der Waals surface area contributed by atoms with E-state index in [0.717, 1.165) is 24.0 Å². The van der Waals surface area contributed by atoms with Crippen molar-refractivity contribution in [3.05, 3.63) is 70.5 Å². The highest BCUT2D eigenvalue weighted by Gasteiger charge is 2.12. The van der Waals surface area contributed by atoms with Crippen LogP contribution in [0.4, 0.5) is 4.39 Å². The zero-order valence-corrected chi connectivity index (χ0v) is 12.0. The third-order valence-corrected chi connectivity index (χ3v) is 3.73. The molecule has 2 aromatic rings. The van der Waals surface area contributed by atoms with Crippen molar-refractivity contribution in [3.63, 3.8) is 0 Å². The van der Waals surface area contributed by atoms with Gasteiger partial charge in [-0.2, -0.15) is 0 Å². The van der Waals surface area contributed by atoms with Crippen LogP contribution in [0.2, 0.25) is 0 Å². The van der Waals surface area contributed by atoms with Gasteiger partial charge in [0.2, 0.25) is 0 Å². The van der Waals surface area contributed by atoms with Crippen LogP contribution < -0.4 is 11.3 Å². The molecule has 20 heavy (non-hydrogen) atoms. The summed E-state index contributed by atoms with van der Waals surface area (Å²) < 4.78 is 13.1. The summed E-state index contributed by atoms with van der Waals surface area (Å²) in [4.78, 5) is 0. The van der Waals surface area contributed by atoms with Gasteiger partial charge in [0, 0.05) is 6.04 Å². The molecule has 0 aliphatic rings. The number of halogens is 1. The average molecular weight is 272 g/mol. The molecular formula is C17H21FN2. The lowest BCUT2D eigenvalue weighted by Gasteiger charge is -2.18. The molecule has 2 rings (SSSR count). The summed E-state index contributed by atoms with van der Waals surface area (Å²) in [5.41, 5.74) is 7.52. The maximum atomic E-state index is 13.1. The third-order valence-electron chi connectivity index (χ3n) is 3.73. The topological polar surface area (TPSA) is 38.0 Å². The minimum Gasteiger partial charge on any atom is -0.271 e. The van der Waals surface area contributed by atoms with Gasteiger partial charge >= 0.3 is 0 Å². The molecule has 0 aliphatic carbocycles. The van der Waals surface area contributed by atoms with Crippen molar-refractivity contribution in [2.45, 2.75) is 32.7 Å². The van der Waals surface area contributed by atoms with E-state index in [9.17, 15) is 4.39 Å². The predicted octanol–water partition coefficient (Wildman–Crippen LogP) is 3.06. The van der Waals surface area contributed by atoms with E-state index in [4.69, 9.17) is 5.84 Å². The number of hydrazine groups is 1. The van der Waals surface area contributed by atoms with Crippen LogP contribution in [0.1, 0.15) is 22.3 Å². The highest BCUT2D eigenvalue weighted by molar-refractivity contribution is 5.29. The van der Waals surface area contributed by atoms with Crippen LogP contribution in [0.25, 0.3) is 0 Å².